The minimum Gasteiger partial charge on any atom is -0.477 e. The molecule has 0 N–H and O–H groups in total. The third-order valence-electron chi connectivity index (χ3n) is 3.73. The molecule has 7 nitrogen and oxygen atoms in total. The molecule has 0 spiro atoms. The highest BCUT2D eigenvalue weighted by Gasteiger charge is 2.21. The van der Waals surface area contributed by atoms with Crippen molar-refractivity contribution in [1.82, 2.24) is 4.98 Å². The average molecular weight is 408 g/mol. The van der Waals surface area contributed by atoms with Crippen molar-refractivity contribution in [1.29, 1.82) is 0 Å². The van der Waals surface area contributed by atoms with Crippen molar-refractivity contribution in [2.75, 3.05) is 20.5 Å². The smallest absolute Gasteiger partial charge is 0.347 e. The van der Waals surface area contributed by atoms with Crippen LogP contribution >= 0.6 is 11.6 Å². The van der Waals surface area contributed by atoms with Crippen molar-refractivity contribution in [3.05, 3.63) is 59.4 Å². The highest BCUT2D eigenvalue weighted by molar-refractivity contribution is 6.29. The normalized spacial score (nSPS) is 11.5. The Morgan fingerprint density at radius 3 is 2.61 bits per heavy atom. The van der Waals surface area contributed by atoms with Crippen LogP contribution in [0.4, 0.5) is 0 Å². The minimum atomic E-state index is -0.873. The van der Waals surface area contributed by atoms with Crippen molar-refractivity contribution < 1.29 is 28.5 Å². The molecule has 0 bridgehead atoms. The molecule has 0 amide bonds. The molecule has 0 aliphatic carbocycles. The van der Waals surface area contributed by atoms with E-state index in [1.165, 1.54) is 13.3 Å². The number of hydrogen-bond acceptors (Lipinski definition) is 7. The lowest BCUT2D eigenvalue weighted by Crippen LogP contribution is -2.30. The maximum atomic E-state index is 11.8. The van der Waals surface area contributed by atoms with Crippen LogP contribution in [0.3, 0.4) is 0 Å². The molecule has 1 aromatic heterocycles. The van der Waals surface area contributed by atoms with Crippen LogP contribution in [0.2, 0.25) is 5.15 Å². The average Bonchev–Trinajstić information content (AvgIpc) is 2.72. The fourth-order valence-electron chi connectivity index (χ4n) is 2.27. The molecule has 8 heteroatoms. The summed E-state index contributed by atoms with van der Waals surface area (Å²) in [5, 5.41) is 0.319. The summed E-state index contributed by atoms with van der Waals surface area (Å²) in [6, 6.07) is 12.8. The standard InChI is InChI=1S/C20H22ClNO6/c1-25-20(24)17(28-16-8-9-18(21)22-13-16)11-12-26-14-27-19(23)10-7-15-5-3-2-4-6-15/h2-6,8-9,13,17H,7,10-12,14H2,1H3. The fourth-order valence-corrected chi connectivity index (χ4v) is 2.38. The number of hydrogen-bond donors (Lipinski definition) is 0. The molecular formula is C20H22ClNO6. The highest BCUT2D eigenvalue weighted by Crippen LogP contribution is 2.15. The number of aromatic nitrogens is 1. The van der Waals surface area contributed by atoms with Gasteiger partial charge in [0.1, 0.15) is 10.9 Å². The zero-order chi connectivity index (χ0) is 20.2. The van der Waals surface area contributed by atoms with Crippen LogP contribution in [-0.4, -0.2) is 43.5 Å². The summed E-state index contributed by atoms with van der Waals surface area (Å²) >= 11 is 5.72. The molecule has 28 heavy (non-hydrogen) atoms. The molecule has 0 aliphatic rings. The van der Waals surface area contributed by atoms with E-state index < -0.39 is 12.1 Å². The van der Waals surface area contributed by atoms with E-state index >= 15 is 0 Å². The molecule has 2 rings (SSSR count). The lowest BCUT2D eigenvalue weighted by atomic mass is 10.1. The van der Waals surface area contributed by atoms with E-state index in [1.54, 1.807) is 12.1 Å². The lowest BCUT2D eigenvalue weighted by Gasteiger charge is -2.16. The summed E-state index contributed by atoms with van der Waals surface area (Å²) in [6.07, 6.45) is 1.63. The summed E-state index contributed by atoms with van der Waals surface area (Å²) < 4.78 is 20.6. The first-order chi connectivity index (χ1) is 13.6. The zero-order valence-corrected chi connectivity index (χ0v) is 16.3. The molecular weight excluding hydrogens is 386 g/mol. The Hall–Kier alpha value is -2.64. The van der Waals surface area contributed by atoms with Crippen LogP contribution in [0, 0.1) is 0 Å². The van der Waals surface area contributed by atoms with Gasteiger partial charge >= 0.3 is 11.9 Å². The quantitative estimate of drug-likeness (QED) is 0.245. The SMILES string of the molecule is COC(=O)C(CCOCOC(=O)CCc1ccccc1)Oc1ccc(Cl)nc1. The van der Waals surface area contributed by atoms with Crippen LogP contribution in [0.1, 0.15) is 18.4 Å². The van der Waals surface area contributed by atoms with Crippen molar-refractivity contribution in [3.8, 4) is 5.75 Å². The first kappa shape index (κ1) is 21.7. The Balaban J connectivity index is 1.66. The maximum Gasteiger partial charge on any atom is 0.347 e. The number of carbonyl (C=O) groups is 2. The topological polar surface area (TPSA) is 84.0 Å². The summed E-state index contributed by atoms with van der Waals surface area (Å²) in [4.78, 5) is 27.4. The van der Waals surface area contributed by atoms with Gasteiger partial charge in [-0.05, 0) is 24.1 Å². The van der Waals surface area contributed by atoms with Gasteiger partial charge < -0.3 is 18.9 Å². The van der Waals surface area contributed by atoms with E-state index in [-0.39, 0.29) is 32.2 Å². The number of halogens is 1. The predicted octanol–water partition coefficient (Wildman–Crippen LogP) is 3.20. The molecule has 0 saturated heterocycles. The number of benzene rings is 1. The summed E-state index contributed by atoms with van der Waals surface area (Å²) in [5.41, 5.74) is 1.06. The maximum absolute atomic E-state index is 11.8. The third kappa shape index (κ3) is 7.94. The Morgan fingerprint density at radius 1 is 1.14 bits per heavy atom. The van der Waals surface area contributed by atoms with Crippen molar-refractivity contribution in [2.24, 2.45) is 0 Å². The van der Waals surface area contributed by atoms with Gasteiger partial charge in [0.25, 0.3) is 0 Å². The second-order valence-corrected chi connectivity index (χ2v) is 6.15. The van der Waals surface area contributed by atoms with Crippen LogP contribution in [0.15, 0.2) is 48.7 Å². The molecule has 1 unspecified atom stereocenters. The van der Waals surface area contributed by atoms with E-state index in [4.69, 9.17) is 30.5 Å². The van der Waals surface area contributed by atoms with Gasteiger partial charge in [0.05, 0.1) is 19.9 Å². The minimum absolute atomic E-state index is 0.146. The number of carbonyl (C=O) groups excluding carboxylic acids is 2. The molecule has 0 fully saturated rings. The molecule has 0 radical (unpaired) electrons. The summed E-state index contributed by atoms with van der Waals surface area (Å²) in [7, 11) is 1.27. The zero-order valence-electron chi connectivity index (χ0n) is 15.5. The van der Waals surface area contributed by atoms with Crippen molar-refractivity contribution in [3.63, 3.8) is 0 Å². The van der Waals surface area contributed by atoms with E-state index in [0.29, 0.717) is 17.3 Å². The van der Waals surface area contributed by atoms with E-state index in [9.17, 15) is 9.59 Å². The monoisotopic (exact) mass is 407 g/mol. The highest BCUT2D eigenvalue weighted by atomic mass is 35.5. The van der Waals surface area contributed by atoms with Gasteiger partial charge in [-0.1, -0.05) is 41.9 Å². The lowest BCUT2D eigenvalue weighted by molar-refractivity contribution is -0.159. The third-order valence-corrected chi connectivity index (χ3v) is 3.95. The number of esters is 2. The Labute approximate surface area is 168 Å². The fraction of sp³-hybridized carbons (Fsp3) is 0.350. The Bertz CT molecular complexity index is 738. The molecule has 1 heterocycles. The number of pyridine rings is 1. The molecule has 1 aromatic carbocycles. The second-order valence-electron chi connectivity index (χ2n) is 5.76. The van der Waals surface area contributed by atoms with Crippen LogP contribution in [-0.2, 0) is 30.2 Å². The van der Waals surface area contributed by atoms with Crippen LogP contribution in [0.5, 0.6) is 5.75 Å². The second kappa shape index (κ2) is 11.9. The van der Waals surface area contributed by atoms with Crippen LogP contribution in [0.25, 0.3) is 0 Å². The van der Waals surface area contributed by atoms with E-state index in [2.05, 4.69) is 4.98 Å². The molecule has 0 aliphatic heterocycles. The summed E-state index contributed by atoms with van der Waals surface area (Å²) in [6.45, 7) is -0.0449. The van der Waals surface area contributed by atoms with Crippen LogP contribution < -0.4 is 4.74 Å². The summed E-state index contributed by atoms with van der Waals surface area (Å²) in [5.74, 6) is -0.512. The van der Waals surface area contributed by atoms with Gasteiger partial charge in [0.15, 0.2) is 12.9 Å². The van der Waals surface area contributed by atoms with Gasteiger partial charge in [0, 0.05) is 12.8 Å². The number of ether oxygens (including phenoxy) is 4. The number of aryl methyl sites for hydroxylation is 1. The molecule has 1 atom stereocenters. The number of nitrogens with zero attached hydrogens (tertiary/aromatic N) is 1. The van der Waals surface area contributed by atoms with Gasteiger partial charge in [-0.2, -0.15) is 0 Å². The number of rotatable bonds is 11. The van der Waals surface area contributed by atoms with Gasteiger partial charge in [-0.25, -0.2) is 9.78 Å². The first-order valence-electron chi connectivity index (χ1n) is 8.72. The van der Waals surface area contributed by atoms with Gasteiger partial charge in [-0.3, -0.25) is 4.79 Å². The van der Waals surface area contributed by atoms with Gasteiger partial charge in [-0.15, -0.1) is 0 Å². The Kier molecular flexibility index (Phi) is 9.24. The predicted molar refractivity (Wildman–Crippen MR) is 102 cm³/mol. The Morgan fingerprint density at radius 2 is 1.93 bits per heavy atom. The van der Waals surface area contributed by atoms with Crippen molar-refractivity contribution in [2.45, 2.75) is 25.4 Å². The largest absolute Gasteiger partial charge is 0.477 e. The molecule has 150 valence electrons. The van der Waals surface area contributed by atoms with Crippen molar-refractivity contribution >= 4 is 23.5 Å². The van der Waals surface area contributed by atoms with Gasteiger partial charge in [0.2, 0.25) is 0 Å². The first-order valence-corrected chi connectivity index (χ1v) is 9.09. The van der Waals surface area contributed by atoms with E-state index in [1.807, 2.05) is 30.3 Å². The molecule has 0 saturated carbocycles. The van der Waals surface area contributed by atoms with E-state index in [0.717, 1.165) is 5.56 Å². The number of methoxy groups -OCH3 is 1. The molecule has 2 aromatic rings.